The third-order valence-electron chi connectivity index (χ3n) is 4.45. The molecule has 0 aliphatic carbocycles. The first kappa shape index (κ1) is 15.5. The fraction of sp³-hybridized carbons (Fsp3) is 0.333. The molecule has 6 heteroatoms. The van der Waals surface area contributed by atoms with Gasteiger partial charge in [-0.2, -0.15) is 0 Å². The average molecular weight is 339 g/mol. The molecule has 0 radical (unpaired) electrons. The van der Waals surface area contributed by atoms with Gasteiger partial charge in [-0.25, -0.2) is 9.97 Å². The van der Waals surface area contributed by atoms with Crippen LogP contribution in [0.25, 0.3) is 11.0 Å². The highest BCUT2D eigenvalue weighted by Gasteiger charge is 2.20. The normalized spacial score (nSPS) is 16.0. The van der Waals surface area contributed by atoms with Crippen LogP contribution in [0.3, 0.4) is 0 Å². The second-order valence-corrected chi connectivity index (χ2v) is 6.84. The molecule has 5 nitrogen and oxygen atoms in total. The minimum absolute atomic E-state index is 0.875. The van der Waals surface area contributed by atoms with Crippen LogP contribution in [-0.2, 0) is 6.54 Å². The summed E-state index contributed by atoms with van der Waals surface area (Å²) in [6.07, 6.45) is 3.99. The number of H-pyrrole nitrogens is 1. The zero-order chi connectivity index (χ0) is 16.4. The number of benzene rings is 1. The third kappa shape index (κ3) is 3.12. The number of hydrogen-bond donors (Lipinski definition) is 1. The molecular formula is C18H21N5S. The smallest absolute Gasteiger partial charge is 0.142 e. The van der Waals surface area contributed by atoms with Crippen molar-refractivity contribution in [1.82, 2.24) is 19.9 Å². The van der Waals surface area contributed by atoms with Crippen LogP contribution >= 0.6 is 11.8 Å². The molecule has 1 N–H and O–H groups in total. The van der Waals surface area contributed by atoms with Crippen molar-refractivity contribution in [1.29, 1.82) is 0 Å². The zero-order valence-electron chi connectivity index (χ0n) is 13.8. The summed E-state index contributed by atoms with van der Waals surface area (Å²) in [5.41, 5.74) is 2.16. The van der Waals surface area contributed by atoms with Gasteiger partial charge in [0.25, 0.3) is 0 Å². The van der Waals surface area contributed by atoms with Crippen LogP contribution in [0, 0.1) is 0 Å². The van der Waals surface area contributed by atoms with E-state index in [2.05, 4.69) is 49.2 Å². The van der Waals surface area contributed by atoms with Gasteiger partial charge in [0.15, 0.2) is 0 Å². The summed E-state index contributed by atoms with van der Waals surface area (Å²) in [7, 11) is 0. The summed E-state index contributed by atoms with van der Waals surface area (Å²) in [5.74, 6) is 2.17. The predicted molar refractivity (Wildman–Crippen MR) is 99.6 cm³/mol. The van der Waals surface area contributed by atoms with Crippen LogP contribution < -0.4 is 4.90 Å². The second kappa shape index (κ2) is 6.83. The average Bonchev–Trinajstić information content (AvgIpc) is 3.04. The van der Waals surface area contributed by atoms with E-state index in [0.717, 1.165) is 55.4 Å². The number of nitrogens with zero attached hydrogens (tertiary/aromatic N) is 4. The van der Waals surface area contributed by atoms with E-state index in [4.69, 9.17) is 0 Å². The van der Waals surface area contributed by atoms with Crippen molar-refractivity contribution in [2.75, 3.05) is 37.3 Å². The summed E-state index contributed by atoms with van der Waals surface area (Å²) in [4.78, 5) is 18.8. The van der Waals surface area contributed by atoms with Gasteiger partial charge in [0.1, 0.15) is 11.6 Å². The number of rotatable bonds is 4. The number of imidazole rings is 1. The standard InChI is InChI=1S/C18H21N5S/c1-24-16-7-4-8-19-18(16)23-11-9-22(10-12-23)13-17-20-14-5-2-3-6-15(14)21-17/h2-8H,9-13H2,1H3,(H,20,21). The zero-order valence-corrected chi connectivity index (χ0v) is 14.6. The number of para-hydroxylation sites is 2. The molecule has 0 saturated carbocycles. The molecule has 0 atom stereocenters. The van der Waals surface area contributed by atoms with Crippen molar-refractivity contribution in [2.24, 2.45) is 0 Å². The van der Waals surface area contributed by atoms with Crippen molar-refractivity contribution in [3.63, 3.8) is 0 Å². The molecule has 4 rings (SSSR count). The number of aromatic nitrogens is 3. The van der Waals surface area contributed by atoms with E-state index in [1.165, 1.54) is 4.90 Å². The van der Waals surface area contributed by atoms with E-state index < -0.39 is 0 Å². The maximum absolute atomic E-state index is 4.68. The summed E-state index contributed by atoms with van der Waals surface area (Å²) in [5, 5.41) is 0. The Morgan fingerprint density at radius 1 is 1.08 bits per heavy atom. The van der Waals surface area contributed by atoms with E-state index >= 15 is 0 Å². The minimum atomic E-state index is 0.875. The van der Waals surface area contributed by atoms with Gasteiger partial charge in [0, 0.05) is 37.3 Å². The maximum Gasteiger partial charge on any atom is 0.142 e. The van der Waals surface area contributed by atoms with Crippen LogP contribution in [-0.4, -0.2) is 52.3 Å². The lowest BCUT2D eigenvalue weighted by Crippen LogP contribution is -2.46. The largest absolute Gasteiger partial charge is 0.353 e. The van der Waals surface area contributed by atoms with Gasteiger partial charge in [-0.05, 0) is 30.5 Å². The van der Waals surface area contributed by atoms with E-state index in [9.17, 15) is 0 Å². The van der Waals surface area contributed by atoms with Crippen molar-refractivity contribution < 1.29 is 0 Å². The first-order chi connectivity index (χ1) is 11.8. The van der Waals surface area contributed by atoms with Crippen LogP contribution in [0.2, 0.25) is 0 Å². The van der Waals surface area contributed by atoms with Crippen LogP contribution in [0.5, 0.6) is 0 Å². The Balaban J connectivity index is 1.41. The molecule has 1 aromatic carbocycles. The maximum atomic E-state index is 4.68. The van der Waals surface area contributed by atoms with Crippen LogP contribution in [0.1, 0.15) is 5.82 Å². The Morgan fingerprint density at radius 2 is 1.92 bits per heavy atom. The molecule has 24 heavy (non-hydrogen) atoms. The SMILES string of the molecule is CSc1cccnc1N1CCN(Cc2nc3ccccc3[nH]2)CC1. The van der Waals surface area contributed by atoms with Crippen molar-refractivity contribution >= 4 is 28.6 Å². The van der Waals surface area contributed by atoms with Crippen molar-refractivity contribution in [3.8, 4) is 0 Å². The second-order valence-electron chi connectivity index (χ2n) is 5.99. The van der Waals surface area contributed by atoms with Gasteiger partial charge in [-0.15, -0.1) is 11.8 Å². The molecule has 3 heterocycles. The molecule has 1 fully saturated rings. The predicted octanol–water partition coefficient (Wildman–Crippen LogP) is 3.00. The van der Waals surface area contributed by atoms with Crippen molar-refractivity contribution in [2.45, 2.75) is 11.4 Å². The van der Waals surface area contributed by atoms with E-state index in [0.29, 0.717) is 0 Å². The fourth-order valence-corrected chi connectivity index (χ4v) is 3.77. The molecular weight excluding hydrogens is 318 g/mol. The number of anilines is 1. The Hall–Kier alpha value is -2.05. The number of nitrogens with one attached hydrogen (secondary N) is 1. The number of thioether (sulfide) groups is 1. The van der Waals surface area contributed by atoms with Gasteiger partial charge < -0.3 is 9.88 Å². The summed E-state index contributed by atoms with van der Waals surface area (Å²) in [6, 6.07) is 12.4. The van der Waals surface area contributed by atoms with Gasteiger partial charge in [-0.3, -0.25) is 4.90 Å². The van der Waals surface area contributed by atoms with E-state index in [1.54, 1.807) is 11.8 Å². The number of fused-ring (bicyclic) bond motifs is 1. The number of piperazine rings is 1. The highest BCUT2D eigenvalue weighted by molar-refractivity contribution is 7.98. The summed E-state index contributed by atoms with van der Waals surface area (Å²) in [6.45, 7) is 4.94. The monoisotopic (exact) mass is 339 g/mol. The van der Waals surface area contributed by atoms with Gasteiger partial charge in [0.05, 0.1) is 17.6 Å². The Kier molecular flexibility index (Phi) is 4.40. The van der Waals surface area contributed by atoms with Gasteiger partial charge >= 0.3 is 0 Å². The van der Waals surface area contributed by atoms with Crippen molar-refractivity contribution in [3.05, 3.63) is 48.4 Å². The van der Waals surface area contributed by atoms with Gasteiger partial charge in [-0.1, -0.05) is 12.1 Å². The van der Waals surface area contributed by atoms with E-state index in [-0.39, 0.29) is 0 Å². The highest BCUT2D eigenvalue weighted by atomic mass is 32.2. The topological polar surface area (TPSA) is 48.1 Å². The first-order valence-corrected chi connectivity index (χ1v) is 9.46. The quantitative estimate of drug-likeness (QED) is 0.741. The van der Waals surface area contributed by atoms with Crippen LogP contribution in [0.15, 0.2) is 47.5 Å². The fourth-order valence-electron chi connectivity index (χ4n) is 3.19. The first-order valence-electron chi connectivity index (χ1n) is 8.23. The number of hydrogen-bond acceptors (Lipinski definition) is 5. The van der Waals surface area contributed by atoms with E-state index in [1.807, 2.05) is 24.4 Å². The molecule has 2 aromatic heterocycles. The Labute approximate surface area is 146 Å². The lowest BCUT2D eigenvalue weighted by Gasteiger charge is -2.35. The molecule has 1 saturated heterocycles. The third-order valence-corrected chi connectivity index (χ3v) is 5.21. The molecule has 0 spiro atoms. The molecule has 124 valence electrons. The molecule has 0 unspecified atom stereocenters. The molecule has 1 aliphatic heterocycles. The minimum Gasteiger partial charge on any atom is -0.353 e. The summed E-state index contributed by atoms with van der Waals surface area (Å²) < 4.78 is 0. The molecule has 1 aliphatic rings. The number of pyridine rings is 1. The number of aromatic amines is 1. The Bertz CT molecular complexity index is 790. The lowest BCUT2D eigenvalue weighted by atomic mass is 10.3. The van der Waals surface area contributed by atoms with Crippen LogP contribution in [0.4, 0.5) is 5.82 Å². The molecule has 0 bridgehead atoms. The van der Waals surface area contributed by atoms with Gasteiger partial charge in [0.2, 0.25) is 0 Å². The highest BCUT2D eigenvalue weighted by Crippen LogP contribution is 2.26. The Morgan fingerprint density at radius 3 is 2.71 bits per heavy atom. The summed E-state index contributed by atoms with van der Waals surface area (Å²) >= 11 is 1.76. The lowest BCUT2D eigenvalue weighted by molar-refractivity contribution is 0.244. The molecule has 3 aromatic rings. The molecule has 0 amide bonds.